The van der Waals surface area contributed by atoms with Crippen molar-refractivity contribution in [1.29, 1.82) is 0 Å². The van der Waals surface area contributed by atoms with Crippen LogP contribution in [0.2, 0.25) is 0 Å². The van der Waals surface area contributed by atoms with Crippen LogP contribution in [0, 0.1) is 24.0 Å². The van der Waals surface area contributed by atoms with Crippen LogP contribution in [0.25, 0.3) is 0 Å². The van der Waals surface area contributed by atoms with E-state index in [0.717, 1.165) is 11.1 Å². The average Bonchev–Trinajstić information content (AvgIpc) is 2.64. The summed E-state index contributed by atoms with van der Waals surface area (Å²) in [6, 6.07) is 11.0. The lowest BCUT2D eigenvalue weighted by Gasteiger charge is -2.12. The van der Waals surface area contributed by atoms with Gasteiger partial charge < -0.3 is 0 Å². The zero-order valence-corrected chi connectivity index (χ0v) is 16.6. The lowest BCUT2D eigenvalue weighted by molar-refractivity contribution is -0.385. The average molecular weight is 416 g/mol. The highest BCUT2D eigenvalue weighted by Crippen LogP contribution is 2.29. The van der Waals surface area contributed by atoms with Gasteiger partial charge in [0.2, 0.25) is 0 Å². The second kappa shape index (κ2) is 7.95. The minimum Gasteiger partial charge on any atom is -0.279 e. The quantitative estimate of drug-likeness (QED) is 0.478. The van der Waals surface area contributed by atoms with Crippen LogP contribution < -0.4 is 4.72 Å². The second-order valence-corrected chi connectivity index (χ2v) is 8.59. The summed E-state index contributed by atoms with van der Waals surface area (Å²) in [4.78, 5) is 18.8. The number of nitrogens with zero attached hydrogens (tertiary/aromatic N) is 3. The summed E-state index contributed by atoms with van der Waals surface area (Å²) in [5, 5.41) is 12.4. The van der Waals surface area contributed by atoms with E-state index in [9.17, 15) is 18.5 Å². The Kier molecular flexibility index (Phi) is 5.61. The molecule has 0 saturated heterocycles. The van der Waals surface area contributed by atoms with E-state index in [4.69, 9.17) is 0 Å². The first-order valence-corrected chi connectivity index (χ1v) is 10.4. The molecule has 0 aliphatic heterocycles. The van der Waals surface area contributed by atoms with E-state index in [1.807, 2.05) is 12.1 Å². The first-order valence-electron chi connectivity index (χ1n) is 8.09. The van der Waals surface area contributed by atoms with Gasteiger partial charge in [-0.25, -0.2) is 18.4 Å². The molecule has 3 rings (SSSR count). The number of non-ortho nitro benzene ring substituents is 1. The van der Waals surface area contributed by atoms with E-state index in [2.05, 4.69) is 14.7 Å². The summed E-state index contributed by atoms with van der Waals surface area (Å²) in [6.07, 6.45) is 3.14. The maximum Gasteiger partial charge on any atom is 0.271 e. The Morgan fingerprint density at radius 1 is 1.04 bits per heavy atom. The van der Waals surface area contributed by atoms with Crippen molar-refractivity contribution in [1.82, 2.24) is 9.97 Å². The molecule has 2 aromatic heterocycles. The third-order valence-corrected chi connectivity index (χ3v) is 6.33. The summed E-state index contributed by atoms with van der Waals surface area (Å²) >= 11 is 1.29. The number of rotatable bonds is 6. The van der Waals surface area contributed by atoms with Gasteiger partial charge in [0.05, 0.1) is 15.5 Å². The number of benzene rings is 1. The van der Waals surface area contributed by atoms with Crippen molar-refractivity contribution in [2.75, 3.05) is 4.72 Å². The highest BCUT2D eigenvalue weighted by atomic mass is 32.2. The molecule has 0 fully saturated rings. The highest BCUT2D eigenvalue weighted by molar-refractivity contribution is 7.99. The largest absolute Gasteiger partial charge is 0.279 e. The Hall–Kier alpha value is -2.98. The van der Waals surface area contributed by atoms with E-state index >= 15 is 0 Å². The van der Waals surface area contributed by atoms with Crippen molar-refractivity contribution in [3.05, 3.63) is 76.1 Å². The molecule has 0 aliphatic rings. The maximum atomic E-state index is 12.8. The molecule has 0 atom stereocenters. The molecule has 8 nitrogen and oxygen atoms in total. The van der Waals surface area contributed by atoms with Gasteiger partial charge in [-0.3, -0.25) is 14.8 Å². The maximum absolute atomic E-state index is 12.8. The Labute approximate surface area is 166 Å². The van der Waals surface area contributed by atoms with E-state index in [1.54, 1.807) is 32.2 Å². The zero-order valence-electron chi connectivity index (χ0n) is 15.0. The molecular weight excluding hydrogens is 400 g/mol. The van der Waals surface area contributed by atoms with Crippen LogP contribution in [-0.2, 0) is 10.0 Å². The summed E-state index contributed by atoms with van der Waals surface area (Å²) in [5.41, 5.74) is 1.01. The molecule has 144 valence electrons. The summed E-state index contributed by atoms with van der Waals surface area (Å²) in [5.74, 6) is 0. The summed E-state index contributed by atoms with van der Waals surface area (Å²) in [6.45, 7) is 3.25. The molecule has 0 bridgehead atoms. The van der Waals surface area contributed by atoms with Gasteiger partial charge in [-0.2, -0.15) is 0 Å². The van der Waals surface area contributed by atoms with E-state index in [1.165, 1.54) is 30.1 Å². The van der Waals surface area contributed by atoms with Crippen LogP contribution in [0.3, 0.4) is 0 Å². The SMILES string of the molecule is Cc1cc([N+](=O)[O-])cc(S(=O)(=O)Nc2ccnc(Sc3ccccn3)c2)c1C. The fourth-order valence-corrected chi connectivity index (χ4v) is 4.61. The summed E-state index contributed by atoms with van der Waals surface area (Å²) in [7, 11) is -4.02. The number of hydrogen-bond acceptors (Lipinski definition) is 7. The molecule has 0 unspecified atom stereocenters. The number of nitrogens with one attached hydrogen (secondary N) is 1. The van der Waals surface area contributed by atoms with Gasteiger partial charge in [0.15, 0.2) is 0 Å². The molecule has 0 amide bonds. The smallest absolute Gasteiger partial charge is 0.271 e. The molecule has 1 N–H and O–H groups in total. The van der Waals surface area contributed by atoms with Crippen LogP contribution in [-0.4, -0.2) is 23.3 Å². The number of sulfonamides is 1. The summed E-state index contributed by atoms with van der Waals surface area (Å²) < 4.78 is 28.2. The number of anilines is 1. The number of aromatic nitrogens is 2. The third-order valence-electron chi connectivity index (χ3n) is 3.94. The number of aryl methyl sites for hydroxylation is 1. The first kappa shape index (κ1) is 19.8. The molecule has 1 aromatic carbocycles. The molecule has 0 spiro atoms. The van der Waals surface area contributed by atoms with Crippen molar-refractivity contribution >= 4 is 33.2 Å². The molecular formula is C18H16N4O4S2. The van der Waals surface area contributed by atoms with Crippen molar-refractivity contribution < 1.29 is 13.3 Å². The molecule has 0 saturated carbocycles. The first-order chi connectivity index (χ1) is 13.3. The van der Waals surface area contributed by atoms with Crippen molar-refractivity contribution in [2.24, 2.45) is 0 Å². The Morgan fingerprint density at radius 2 is 1.79 bits per heavy atom. The standard InChI is InChI=1S/C18H16N4O4S2/c1-12-9-15(22(23)24)11-16(13(12)2)28(25,26)21-14-6-8-20-18(10-14)27-17-5-3-4-7-19-17/h3-11H,1-2H3,(H,20,21). The predicted octanol–water partition coefficient (Wildman–Crippen LogP) is 3.95. The van der Waals surface area contributed by atoms with Gasteiger partial charge in [-0.15, -0.1) is 0 Å². The minimum absolute atomic E-state index is 0.130. The van der Waals surface area contributed by atoms with Gasteiger partial charge >= 0.3 is 0 Å². The Morgan fingerprint density at radius 3 is 2.46 bits per heavy atom. The predicted molar refractivity (Wildman–Crippen MR) is 106 cm³/mol. The fraction of sp³-hybridized carbons (Fsp3) is 0.111. The zero-order chi connectivity index (χ0) is 20.3. The third kappa shape index (κ3) is 4.46. The van der Waals surface area contributed by atoms with Gasteiger partial charge in [0.25, 0.3) is 15.7 Å². The van der Waals surface area contributed by atoms with Crippen LogP contribution in [0.1, 0.15) is 11.1 Å². The lowest BCUT2D eigenvalue weighted by atomic mass is 10.1. The molecule has 10 heteroatoms. The van der Waals surface area contributed by atoms with Crippen molar-refractivity contribution in [2.45, 2.75) is 28.8 Å². The van der Waals surface area contributed by atoms with Gasteiger partial charge in [0.1, 0.15) is 10.1 Å². The number of nitro groups is 1. The van der Waals surface area contributed by atoms with Crippen LogP contribution in [0.15, 0.2) is 69.8 Å². The van der Waals surface area contributed by atoms with Crippen LogP contribution >= 0.6 is 11.8 Å². The minimum atomic E-state index is -4.02. The monoisotopic (exact) mass is 416 g/mol. The van der Waals surface area contributed by atoms with Gasteiger partial charge in [-0.1, -0.05) is 17.8 Å². The van der Waals surface area contributed by atoms with Crippen molar-refractivity contribution in [3.63, 3.8) is 0 Å². The lowest BCUT2D eigenvalue weighted by Crippen LogP contribution is -2.15. The van der Waals surface area contributed by atoms with Gasteiger partial charge in [0, 0.05) is 24.5 Å². The normalized spacial score (nSPS) is 11.2. The molecule has 28 heavy (non-hydrogen) atoms. The Balaban J connectivity index is 1.91. The fourth-order valence-electron chi connectivity index (χ4n) is 2.45. The molecule has 0 aliphatic carbocycles. The highest BCUT2D eigenvalue weighted by Gasteiger charge is 2.22. The number of hydrogen-bond donors (Lipinski definition) is 1. The van der Waals surface area contributed by atoms with Crippen LogP contribution in [0.5, 0.6) is 0 Å². The second-order valence-electron chi connectivity index (χ2n) is 5.90. The van der Waals surface area contributed by atoms with E-state index < -0.39 is 14.9 Å². The van der Waals surface area contributed by atoms with Crippen molar-refractivity contribution in [3.8, 4) is 0 Å². The molecule has 2 heterocycles. The Bertz CT molecular complexity index is 1140. The number of nitro benzene ring substituents is 1. The topological polar surface area (TPSA) is 115 Å². The molecule has 0 radical (unpaired) electrons. The van der Waals surface area contributed by atoms with Crippen LogP contribution in [0.4, 0.5) is 11.4 Å². The van der Waals surface area contributed by atoms with E-state index in [-0.39, 0.29) is 10.6 Å². The number of pyridine rings is 2. The van der Waals surface area contributed by atoms with Gasteiger partial charge in [-0.05, 0) is 49.2 Å². The molecule has 3 aromatic rings. The van der Waals surface area contributed by atoms with E-state index in [0.29, 0.717) is 21.8 Å².